The van der Waals surface area contributed by atoms with E-state index in [4.69, 9.17) is 5.73 Å². The predicted octanol–water partition coefficient (Wildman–Crippen LogP) is 2.16. The van der Waals surface area contributed by atoms with Gasteiger partial charge < -0.3 is 10.6 Å². The highest BCUT2D eigenvalue weighted by Crippen LogP contribution is 2.35. The van der Waals surface area contributed by atoms with E-state index in [1.807, 2.05) is 12.1 Å². The third-order valence-electron chi connectivity index (χ3n) is 3.73. The van der Waals surface area contributed by atoms with E-state index in [-0.39, 0.29) is 22.1 Å². The SMILES string of the molecule is CC1(C)CN(c2ccccc2[N+](=O)[O-])CCC1N. The van der Waals surface area contributed by atoms with Crippen molar-refractivity contribution in [3.63, 3.8) is 0 Å². The van der Waals surface area contributed by atoms with Crippen molar-refractivity contribution in [2.45, 2.75) is 26.3 Å². The zero-order chi connectivity index (χ0) is 13.3. The number of nitro benzene ring substituents is 1. The first-order valence-electron chi connectivity index (χ1n) is 6.16. The van der Waals surface area contributed by atoms with E-state index in [1.54, 1.807) is 12.1 Å². The minimum absolute atomic E-state index is 0.0258. The Hall–Kier alpha value is -1.62. The van der Waals surface area contributed by atoms with Crippen LogP contribution in [-0.4, -0.2) is 24.1 Å². The molecule has 0 aliphatic carbocycles. The predicted molar refractivity (Wildman–Crippen MR) is 71.7 cm³/mol. The van der Waals surface area contributed by atoms with Crippen molar-refractivity contribution in [1.29, 1.82) is 0 Å². The van der Waals surface area contributed by atoms with Crippen LogP contribution in [0.5, 0.6) is 0 Å². The molecule has 2 rings (SSSR count). The molecule has 1 saturated heterocycles. The molecule has 0 amide bonds. The van der Waals surface area contributed by atoms with E-state index >= 15 is 0 Å². The third-order valence-corrected chi connectivity index (χ3v) is 3.73. The molecule has 1 aromatic carbocycles. The molecule has 0 saturated carbocycles. The summed E-state index contributed by atoms with van der Waals surface area (Å²) in [6.07, 6.45) is 0.860. The highest BCUT2D eigenvalue weighted by Gasteiger charge is 2.35. The van der Waals surface area contributed by atoms with E-state index < -0.39 is 0 Å². The standard InChI is InChI=1S/C13H19N3O2/c1-13(2)9-15(8-7-12(13)14)10-5-3-4-6-11(10)16(17)18/h3-6,12H,7-9,14H2,1-2H3. The van der Waals surface area contributed by atoms with Crippen LogP contribution in [0.25, 0.3) is 0 Å². The molecule has 1 heterocycles. The minimum Gasteiger partial charge on any atom is -0.365 e. The summed E-state index contributed by atoms with van der Waals surface area (Å²) in [5.74, 6) is 0. The Kier molecular flexibility index (Phi) is 3.26. The lowest BCUT2D eigenvalue weighted by Gasteiger charge is -2.43. The summed E-state index contributed by atoms with van der Waals surface area (Å²) in [5.41, 5.74) is 6.93. The molecule has 1 unspecified atom stereocenters. The Labute approximate surface area is 107 Å². The highest BCUT2D eigenvalue weighted by atomic mass is 16.6. The van der Waals surface area contributed by atoms with Crippen molar-refractivity contribution in [2.24, 2.45) is 11.1 Å². The van der Waals surface area contributed by atoms with Gasteiger partial charge in [-0.15, -0.1) is 0 Å². The molecule has 1 atom stereocenters. The normalized spacial score (nSPS) is 22.8. The van der Waals surface area contributed by atoms with Gasteiger partial charge in [0.25, 0.3) is 5.69 Å². The topological polar surface area (TPSA) is 72.4 Å². The number of para-hydroxylation sites is 2. The van der Waals surface area contributed by atoms with Crippen molar-refractivity contribution in [2.75, 3.05) is 18.0 Å². The van der Waals surface area contributed by atoms with Gasteiger partial charge in [0.15, 0.2) is 0 Å². The molecule has 0 aromatic heterocycles. The fraction of sp³-hybridized carbons (Fsp3) is 0.538. The molecule has 18 heavy (non-hydrogen) atoms. The Bertz CT molecular complexity index is 459. The van der Waals surface area contributed by atoms with Crippen molar-refractivity contribution >= 4 is 11.4 Å². The van der Waals surface area contributed by atoms with Gasteiger partial charge >= 0.3 is 0 Å². The maximum absolute atomic E-state index is 11.0. The summed E-state index contributed by atoms with van der Waals surface area (Å²) in [4.78, 5) is 12.8. The van der Waals surface area contributed by atoms with Gasteiger partial charge in [-0.2, -0.15) is 0 Å². The summed E-state index contributed by atoms with van der Waals surface area (Å²) < 4.78 is 0. The number of hydrogen-bond donors (Lipinski definition) is 1. The monoisotopic (exact) mass is 249 g/mol. The number of nitrogens with two attached hydrogens (primary N) is 1. The van der Waals surface area contributed by atoms with Crippen LogP contribution in [0.2, 0.25) is 0 Å². The number of benzene rings is 1. The van der Waals surface area contributed by atoms with Crippen molar-refractivity contribution in [1.82, 2.24) is 0 Å². The van der Waals surface area contributed by atoms with Crippen LogP contribution in [0, 0.1) is 15.5 Å². The van der Waals surface area contributed by atoms with Crippen molar-refractivity contribution in [3.05, 3.63) is 34.4 Å². The largest absolute Gasteiger partial charge is 0.365 e. The molecular weight excluding hydrogens is 230 g/mol. The number of rotatable bonds is 2. The highest BCUT2D eigenvalue weighted by molar-refractivity contribution is 5.63. The Balaban J connectivity index is 2.30. The molecule has 1 fully saturated rings. The van der Waals surface area contributed by atoms with Crippen LogP contribution < -0.4 is 10.6 Å². The molecule has 5 heteroatoms. The van der Waals surface area contributed by atoms with Gasteiger partial charge in [0, 0.05) is 25.2 Å². The lowest BCUT2D eigenvalue weighted by Crippen LogP contribution is -2.52. The lowest BCUT2D eigenvalue weighted by molar-refractivity contribution is -0.384. The Morgan fingerprint density at radius 1 is 1.44 bits per heavy atom. The minimum atomic E-state index is -0.323. The van der Waals surface area contributed by atoms with Crippen LogP contribution >= 0.6 is 0 Å². The average Bonchev–Trinajstić information content (AvgIpc) is 2.32. The number of hydrogen-bond acceptors (Lipinski definition) is 4. The summed E-state index contributed by atoms with van der Waals surface area (Å²) in [6.45, 7) is 5.74. The van der Waals surface area contributed by atoms with Crippen LogP contribution in [0.1, 0.15) is 20.3 Å². The van der Waals surface area contributed by atoms with Gasteiger partial charge in [0.1, 0.15) is 5.69 Å². The quantitative estimate of drug-likeness (QED) is 0.644. The molecule has 0 radical (unpaired) electrons. The van der Waals surface area contributed by atoms with E-state index in [0.29, 0.717) is 5.69 Å². The molecule has 0 spiro atoms. The third kappa shape index (κ3) is 2.31. The maximum atomic E-state index is 11.0. The molecular formula is C13H19N3O2. The summed E-state index contributed by atoms with van der Waals surface area (Å²) in [5, 5.41) is 11.0. The Morgan fingerprint density at radius 2 is 2.11 bits per heavy atom. The first-order valence-corrected chi connectivity index (χ1v) is 6.16. The number of piperidine rings is 1. The fourth-order valence-corrected chi connectivity index (χ4v) is 2.47. The van der Waals surface area contributed by atoms with Crippen molar-refractivity contribution < 1.29 is 4.92 Å². The Morgan fingerprint density at radius 3 is 2.72 bits per heavy atom. The fourth-order valence-electron chi connectivity index (χ4n) is 2.47. The number of nitrogens with zero attached hydrogens (tertiary/aromatic N) is 2. The number of nitro groups is 1. The second-order valence-electron chi connectivity index (χ2n) is 5.55. The zero-order valence-electron chi connectivity index (χ0n) is 10.8. The van der Waals surface area contributed by atoms with E-state index in [9.17, 15) is 10.1 Å². The molecule has 2 N–H and O–H groups in total. The molecule has 1 aliphatic rings. The van der Waals surface area contributed by atoms with Crippen molar-refractivity contribution in [3.8, 4) is 0 Å². The zero-order valence-corrected chi connectivity index (χ0v) is 10.8. The molecule has 98 valence electrons. The summed E-state index contributed by atoms with van der Waals surface area (Å²) in [7, 11) is 0. The van der Waals surface area contributed by atoms with Gasteiger partial charge in [0.2, 0.25) is 0 Å². The lowest BCUT2D eigenvalue weighted by atomic mass is 9.79. The van der Waals surface area contributed by atoms with E-state index in [1.165, 1.54) is 0 Å². The van der Waals surface area contributed by atoms with Gasteiger partial charge in [0.05, 0.1) is 4.92 Å². The molecule has 5 nitrogen and oxygen atoms in total. The van der Waals surface area contributed by atoms with E-state index in [2.05, 4.69) is 18.7 Å². The smallest absolute Gasteiger partial charge is 0.292 e. The van der Waals surface area contributed by atoms with Gasteiger partial charge in [-0.3, -0.25) is 10.1 Å². The van der Waals surface area contributed by atoms with Gasteiger partial charge in [-0.1, -0.05) is 26.0 Å². The van der Waals surface area contributed by atoms with Gasteiger partial charge in [-0.05, 0) is 17.9 Å². The van der Waals surface area contributed by atoms with Crippen LogP contribution in [0.4, 0.5) is 11.4 Å². The number of anilines is 1. The van der Waals surface area contributed by atoms with E-state index in [0.717, 1.165) is 19.5 Å². The summed E-state index contributed by atoms with van der Waals surface area (Å²) >= 11 is 0. The second-order valence-corrected chi connectivity index (χ2v) is 5.55. The first kappa shape index (κ1) is 12.8. The molecule has 1 aliphatic heterocycles. The summed E-state index contributed by atoms with van der Waals surface area (Å²) in [6, 6.07) is 7.05. The van der Waals surface area contributed by atoms with Crippen LogP contribution in [0.3, 0.4) is 0 Å². The van der Waals surface area contributed by atoms with Crippen LogP contribution in [-0.2, 0) is 0 Å². The van der Waals surface area contributed by atoms with Gasteiger partial charge in [-0.25, -0.2) is 0 Å². The second kappa shape index (κ2) is 4.57. The first-order chi connectivity index (χ1) is 8.42. The average molecular weight is 249 g/mol. The molecule has 1 aromatic rings. The van der Waals surface area contributed by atoms with Crippen LogP contribution in [0.15, 0.2) is 24.3 Å². The molecule has 0 bridgehead atoms. The maximum Gasteiger partial charge on any atom is 0.292 e.